The number of fused-ring (bicyclic) bond motifs is 2. The first-order valence-corrected chi connectivity index (χ1v) is 7.19. The molecule has 0 radical (unpaired) electrons. The summed E-state index contributed by atoms with van der Waals surface area (Å²) >= 11 is 0. The van der Waals surface area contributed by atoms with Crippen LogP contribution in [0, 0.1) is 5.92 Å². The first-order chi connectivity index (χ1) is 8.38. The van der Waals surface area contributed by atoms with Crippen molar-refractivity contribution >= 4 is 0 Å². The minimum Gasteiger partial charge on any atom is -0.375 e. The van der Waals surface area contributed by atoms with Gasteiger partial charge in [-0.05, 0) is 44.9 Å². The molecule has 0 aromatic heterocycles. The molecule has 2 aliphatic heterocycles. The molecule has 0 amide bonds. The summed E-state index contributed by atoms with van der Waals surface area (Å²) in [4.78, 5) is 0. The zero-order valence-corrected chi connectivity index (χ0v) is 10.5. The molecule has 0 aromatic carbocycles. The lowest BCUT2D eigenvalue weighted by Gasteiger charge is -2.30. The zero-order chi connectivity index (χ0) is 11.7. The van der Waals surface area contributed by atoms with E-state index in [-0.39, 0.29) is 0 Å². The molecule has 2 saturated heterocycles. The van der Waals surface area contributed by atoms with Gasteiger partial charge in [-0.1, -0.05) is 18.1 Å². The fourth-order valence-electron chi connectivity index (χ4n) is 3.86. The number of hydrogen-bond donors (Lipinski definition) is 2. The zero-order valence-electron chi connectivity index (χ0n) is 10.5. The molecule has 4 unspecified atom stereocenters. The Bertz CT molecular complexity index is 303. The normalized spacial score (nSPS) is 38.9. The number of nitrogens with two attached hydrogens (primary N) is 1. The molecule has 3 aliphatic rings. The Morgan fingerprint density at radius 3 is 2.94 bits per heavy atom. The maximum absolute atomic E-state index is 5.97. The summed E-state index contributed by atoms with van der Waals surface area (Å²) < 4.78 is 5.97. The molecular weight excluding hydrogens is 212 g/mol. The number of rotatable bonds is 3. The van der Waals surface area contributed by atoms with Gasteiger partial charge in [-0.2, -0.15) is 0 Å². The predicted molar refractivity (Wildman–Crippen MR) is 68.3 cm³/mol. The highest BCUT2D eigenvalue weighted by atomic mass is 16.5. The number of hydrazine groups is 1. The van der Waals surface area contributed by atoms with Crippen molar-refractivity contribution in [2.24, 2.45) is 11.8 Å². The van der Waals surface area contributed by atoms with Crippen molar-refractivity contribution in [3.8, 4) is 0 Å². The van der Waals surface area contributed by atoms with E-state index in [1.165, 1.54) is 51.4 Å². The van der Waals surface area contributed by atoms with E-state index in [0.29, 0.717) is 24.2 Å². The molecule has 0 spiro atoms. The van der Waals surface area contributed by atoms with Crippen molar-refractivity contribution in [2.45, 2.75) is 69.6 Å². The standard InChI is InChI=1S/C14H24N2O/c15-16-14(10-5-3-1-2-4-6-10)12-9-11-7-8-13(12)17-11/h5,11-14,16H,1-4,6-9,15H2. The minimum atomic E-state index is 0.364. The minimum absolute atomic E-state index is 0.364. The summed E-state index contributed by atoms with van der Waals surface area (Å²) in [5.41, 5.74) is 4.63. The van der Waals surface area contributed by atoms with Crippen LogP contribution >= 0.6 is 0 Å². The maximum atomic E-state index is 5.97. The topological polar surface area (TPSA) is 47.3 Å². The third-order valence-electron chi connectivity index (χ3n) is 4.74. The fraction of sp³-hybridized carbons (Fsp3) is 0.857. The molecule has 0 aromatic rings. The SMILES string of the molecule is NNC(C1=CCCCCC1)C1CC2CCC1O2. The second-order valence-electron chi connectivity index (χ2n) is 5.80. The summed E-state index contributed by atoms with van der Waals surface area (Å²) in [6, 6.07) is 0.364. The average Bonchev–Trinajstić information content (AvgIpc) is 2.86. The van der Waals surface area contributed by atoms with Gasteiger partial charge in [-0.25, -0.2) is 0 Å². The van der Waals surface area contributed by atoms with Gasteiger partial charge in [0.2, 0.25) is 0 Å². The van der Waals surface area contributed by atoms with Gasteiger partial charge in [0.15, 0.2) is 0 Å². The van der Waals surface area contributed by atoms with E-state index in [9.17, 15) is 0 Å². The molecule has 0 saturated carbocycles. The van der Waals surface area contributed by atoms with E-state index in [0.717, 1.165) is 0 Å². The van der Waals surface area contributed by atoms with E-state index in [2.05, 4.69) is 11.5 Å². The average molecular weight is 236 g/mol. The Morgan fingerprint density at radius 2 is 2.24 bits per heavy atom. The Balaban J connectivity index is 1.72. The van der Waals surface area contributed by atoms with Crippen molar-refractivity contribution in [1.82, 2.24) is 5.43 Å². The van der Waals surface area contributed by atoms with Crippen LogP contribution in [0.2, 0.25) is 0 Å². The van der Waals surface area contributed by atoms with E-state index in [1.54, 1.807) is 5.57 Å². The van der Waals surface area contributed by atoms with Crippen LogP contribution in [0.1, 0.15) is 51.4 Å². The first kappa shape index (κ1) is 11.7. The third-order valence-corrected chi connectivity index (χ3v) is 4.74. The highest BCUT2D eigenvalue weighted by molar-refractivity contribution is 5.16. The highest BCUT2D eigenvalue weighted by Crippen LogP contribution is 2.42. The molecular formula is C14H24N2O. The van der Waals surface area contributed by atoms with E-state index >= 15 is 0 Å². The van der Waals surface area contributed by atoms with E-state index in [4.69, 9.17) is 10.6 Å². The van der Waals surface area contributed by atoms with Gasteiger partial charge < -0.3 is 4.74 Å². The van der Waals surface area contributed by atoms with Crippen LogP contribution in [0.3, 0.4) is 0 Å². The first-order valence-electron chi connectivity index (χ1n) is 7.19. The second kappa shape index (κ2) is 5.09. The van der Waals surface area contributed by atoms with Crippen LogP contribution in [0.15, 0.2) is 11.6 Å². The lowest BCUT2D eigenvalue weighted by molar-refractivity contribution is 0.0879. The summed E-state index contributed by atoms with van der Waals surface area (Å²) in [5.74, 6) is 6.43. The Hall–Kier alpha value is -0.380. The number of hydrogen-bond acceptors (Lipinski definition) is 3. The van der Waals surface area contributed by atoms with Crippen molar-refractivity contribution in [3.63, 3.8) is 0 Å². The summed E-state index contributed by atoms with van der Waals surface area (Å²) in [7, 11) is 0. The quantitative estimate of drug-likeness (QED) is 0.449. The monoisotopic (exact) mass is 236 g/mol. The molecule has 2 heterocycles. The Kier molecular flexibility index (Phi) is 3.50. The van der Waals surface area contributed by atoms with Gasteiger partial charge in [0.1, 0.15) is 0 Å². The Morgan fingerprint density at radius 1 is 1.29 bits per heavy atom. The number of ether oxygens (including phenoxy) is 1. The van der Waals surface area contributed by atoms with Gasteiger partial charge in [-0.15, -0.1) is 0 Å². The highest BCUT2D eigenvalue weighted by Gasteiger charge is 2.44. The lowest BCUT2D eigenvalue weighted by Crippen LogP contribution is -2.45. The molecule has 2 fully saturated rings. The molecule has 3 nitrogen and oxygen atoms in total. The van der Waals surface area contributed by atoms with E-state index in [1.807, 2.05) is 0 Å². The summed E-state index contributed by atoms with van der Waals surface area (Å²) in [6.45, 7) is 0. The van der Waals surface area contributed by atoms with Gasteiger partial charge in [0.25, 0.3) is 0 Å². The maximum Gasteiger partial charge on any atom is 0.0627 e. The van der Waals surface area contributed by atoms with Gasteiger partial charge in [0, 0.05) is 12.0 Å². The molecule has 17 heavy (non-hydrogen) atoms. The van der Waals surface area contributed by atoms with Crippen LogP contribution in [0.25, 0.3) is 0 Å². The van der Waals surface area contributed by atoms with Gasteiger partial charge in [0.05, 0.1) is 12.2 Å². The largest absolute Gasteiger partial charge is 0.375 e. The van der Waals surface area contributed by atoms with Crippen LogP contribution in [0.5, 0.6) is 0 Å². The molecule has 96 valence electrons. The molecule has 4 atom stereocenters. The van der Waals surface area contributed by atoms with Crippen LogP contribution in [-0.4, -0.2) is 18.2 Å². The molecule has 3 N–H and O–H groups in total. The molecule has 2 bridgehead atoms. The van der Waals surface area contributed by atoms with Crippen molar-refractivity contribution in [2.75, 3.05) is 0 Å². The lowest BCUT2D eigenvalue weighted by atomic mass is 9.80. The van der Waals surface area contributed by atoms with Crippen molar-refractivity contribution < 1.29 is 4.74 Å². The Labute approximate surface area is 104 Å². The third kappa shape index (κ3) is 2.28. The van der Waals surface area contributed by atoms with Gasteiger partial charge in [-0.3, -0.25) is 11.3 Å². The second-order valence-corrected chi connectivity index (χ2v) is 5.80. The van der Waals surface area contributed by atoms with Crippen molar-refractivity contribution in [3.05, 3.63) is 11.6 Å². The molecule has 1 aliphatic carbocycles. The fourth-order valence-corrected chi connectivity index (χ4v) is 3.86. The summed E-state index contributed by atoms with van der Waals surface area (Å²) in [5, 5.41) is 0. The van der Waals surface area contributed by atoms with Gasteiger partial charge >= 0.3 is 0 Å². The molecule has 3 rings (SSSR count). The van der Waals surface area contributed by atoms with Crippen LogP contribution < -0.4 is 11.3 Å². The predicted octanol–water partition coefficient (Wildman–Crippen LogP) is 2.28. The van der Waals surface area contributed by atoms with Crippen LogP contribution in [0.4, 0.5) is 0 Å². The number of allylic oxidation sites excluding steroid dienone is 1. The number of nitrogens with one attached hydrogen (secondary N) is 1. The van der Waals surface area contributed by atoms with Crippen LogP contribution in [-0.2, 0) is 4.74 Å². The van der Waals surface area contributed by atoms with Crippen molar-refractivity contribution in [1.29, 1.82) is 0 Å². The van der Waals surface area contributed by atoms with E-state index < -0.39 is 0 Å². The molecule has 3 heteroatoms. The summed E-state index contributed by atoms with van der Waals surface area (Å²) in [6.07, 6.45) is 13.6. The smallest absolute Gasteiger partial charge is 0.0627 e.